The third kappa shape index (κ3) is 2.98. The van der Waals surface area contributed by atoms with E-state index in [1.54, 1.807) is 14.0 Å². The van der Waals surface area contributed by atoms with Crippen molar-refractivity contribution in [2.75, 3.05) is 13.7 Å². The van der Waals surface area contributed by atoms with Crippen LogP contribution >= 0.6 is 15.9 Å². The smallest absolute Gasteiger partial charge is 0.313 e. The molecule has 16 heavy (non-hydrogen) atoms. The second-order valence-electron chi connectivity index (χ2n) is 3.36. The lowest BCUT2D eigenvalue weighted by Crippen LogP contribution is -2.13. The third-order valence-electron chi connectivity index (χ3n) is 2.31. The summed E-state index contributed by atoms with van der Waals surface area (Å²) in [6, 6.07) is 5.54. The van der Waals surface area contributed by atoms with E-state index >= 15 is 0 Å². The Morgan fingerprint density at radius 2 is 2.19 bits per heavy atom. The molecule has 88 valence electrons. The molecule has 0 radical (unpaired) electrons. The fourth-order valence-electron chi connectivity index (χ4n) is 1.37. The topological polar surface area (TPSA) is 35.5 Å². The first-order chi connectivity index (χ1) is 7.60. The Labute approximate surface area is 104 Å². The van der Waals surface area contributed by atoms with Crippen molar-refractivity contribution in [2.24, 2.45) is 0 Å². The molecule has 0 saturated heterocycles. The molecule has 1 rings (SSSR count). The lowest BCUT2D eigenvalue weighted by atomic mass is 10.0. The number of esters is 1. The van der Waals surface area contributed by atoms with E-state index in [2.05, 4.69) is 15.9 Å². The number of carbonyl (C=O) groups is 1. The van der Waals surface area contributed by atoms with Crippen molar-refractivity contribution in [3.05, 3.63) is 28.2 Å². The van der Waals surface area contributed by atoms with Crippen molar-refractivity contribution in [3.8, 4) is 5.75 Å². The molecular formula is C12H15BrO3. The van der Waals surface area contributed by atoms with Crippen LogP contribution in [0, 0.1) is 0 Å². The Balaban J connectivity index is 2.97. The molecule has 0 saturated carbocycles. The molecule has 0 heterocycles. The summed E-state index contributed by atoms with van der Waals surface area (Å²) in [6.45, 7) is 4.01. The number of carbonyl (C=O) groups excluding carboxylic acids is 1. The van der Waals surface area contributed by atoms with Gasteiger partial charge in [-0.3, -0.25) is 4.79 Å². The van der Waals surface area contributed by atoms with Gasteiger partial charge in [-0.2, -0.15) is 0 Å². The van der Waals surface area contributed by atoms with Crippen molar-refractivity contribution >= 4 is 21.9 Å². The molecule has 0 spiro atoms. The maximum Gasteiger partial charge on any atom is 0.313 e. The van der Waals surface area contributed by atoms with Gasteiger partial charge < -0.3 is 9.47 Å². The Bertz CT molecular complexity index is 377. The van der Waals surface area contributed by atoms with Crippen molar-refractivity contribution < 1.29 is 14.3 Å². The SMILES string of the molecule is CCOC(=O)C(C)c1cc(OC)ccc1Br. The summed E-state index contributed by atoms with van der Waals surface area (Å²) in [7, 11) is 1.60. The fourth-order valence-corrected chi connectivity index (χ4v) is 1.96. The minimum atomic E-state index is -0.301. The van der Waals surface area contributed by atoms with Crippen molar-refractivity contribution in [3.63, 3.8) is 0 Å². The van der Waals surface area contributed by atoms with Gasteiger partial charge in [0.2, 0.25) is 0 Å². The van der Waals surface area contributed by atoms with E-state index in [1.807, 2.05) is 25.1 Å². The van der Waals surface area contributed by atoms with Crippen LogP contribution in [0.3, 0.4) is 0 Å². The molecule has 1 unspecified atom stereocenters. The molecule has 0 aromatic heterocycles. The number of hydrogen-bond donors (Lipinski definition) is 0. The van der Waals surface area contributed by atoms with Crippen LogP contribution in [0.1, 0.15) is 25.3 Å². The van der Waals surface area contributed by atoms with E-state index in [0.717, 1.165) is 15.8 Å². The largest absolute Gasteiger partial charge is 0.497 e. The number of methoxy groups -OCH3 is 1. The van der Waals surface area contributed by atoms with Gasteiger partial charge in [0.1, 0.15) is 5.75 Å². The molecule has 1 aromatic carbocycles. The standard InChI is InChI=1S/C12H15BrO3/c1-4-16-12(14)8(2)10-7-9(15-3)5-6-11(10)13/h5-8H,4H2,1-3H3. The molecule has 0 fully saturated rings. The number of hydrogen-bond acceptors (Lipinski definition) is 3. The minimum absolute atomic E-state index is 0.226. The molecule has 0 aliphatic rings. The molecule has 3 nitrogen and oxygen atoms in total. The minimum Gasteiger partial charge on any atom is -0.497 e. The third-order valence-corrected chi connectivity index (χ3v) is 3.03. The first-order valence-corrected chi connectivity index (χ1v) is 5.89. The Morgan fingerprint density at radius 1 is 1.50 bits per heavy atom. The summed E-state index contributed by atoms with van der Waals surface area (Å²) in [6.07, 6.45) is 0. The van der Waals surface area contributed by atoms with E-state index in [1.165, 1.54) is 0 Å². The van der Waals surface area contributed by atoms with Gasteiger partial charge in [-0.1, -0.05) is 15.9 Å². The van der Waals surface area contributed by atoms with Gasteiger partial charge in [0.05, 0.1) is 19.6 Å². The summed E-state index contributed by atoms with van der Waals surface area (Å²) in [5.41, 5.74) is 0.873. The number of halogens is 1. The summed E-state index contributed by atoms with van der Waals surface area (Å²) < 4.78 is 11.0. The average molecular weight is 287 g/mol. The van der Waals surface area contributed by atoms with Crippen LogP contribution in [0.2, 0.25) is 0 Å². The summed E-state index contributed by atoms with van der Waals surface area (Å²) in [5, 5.41) is 0. The number of ether oxygens (including phenoxy) is 2. The maximum absolute atomic E-state index is 11.6. The Kier molecular flexibility index (Phi) is 4.80. The molecule has 0 N–H and O–H groups in total. The molecule has 0 aliphatic heterocycles. The molecule has 1 aromatic rings. The molecule has 0 amide bonds. The zero-order chi connectivity index (χ0) is 12.1. The Hall–Kier alpha value is -1.03. The quantitative estimate of drug-likeness (QED) is 0.798. The summed E-state index contributed by atoms with van der Waals surface area (Å²) in [5.74, 6) is 0.204. The highest BCUT2D eigenvalue weighted by Crippen LogP contribution is 2.29. The van der Waals surface area contributed by atoms with E-state index in [4.69, 9.17) is 9.47 Å². The van der Waals surface area contributed by atoms with Gasteiger partial charge in [-0.15, -0.1) is 0 Å². The highest BCUT2D eigenvalue weighted by Gasteiger charge is 2.19. The van der Waals surface area contributed by atoms with Crippen LogP contribution in [0.5, 0.6) is 5.75 Å². The van der Waals surface area contributed by atoms with Crippen LogP contribution in [-0.4, -0.2) is 19.7 Å². The van der Waals surface area contributed by atoms with Gasteiger partial charge >= 0.3 is 5.97 Å². The zero-order valence-corrected chi connectivity index (χ0v) is 11.2. The lowest BCUT2D eigenvalue weighted by Gasteiger charge is -2.13. The van der Waals surface area contributed by atoms with Gasteiger partial charge in [-0.25, -0.2) is 0 Å². The van der Waals surface area contributed by atoms with Crippen LogP contribution in [0.15, 0.2) is 22.7 Å². The van der Waals surface area contributed by atoms with Gasteiger partial charge in [0, 0.05) is 4.47 Å². The average Bonchev–Trinajstić information content (AvgIpc) is 2.29. The first-order valence-electron chi connectivity index (χ1n) is 5.10. The van der Waals surface area contributed by atoms with E-state index in [9.17, 15) is 4.79 Å². The van der Waals surface area contributed by atoms with Crippen molar-refractivity contribution in [1.29, 1.82) is 0 Å². The molecule has 0 bridgehead atoms. The van der Waals surface area contributed by atoms with E-state index < -0.39 is 0 Å². The molecular weight excluding hydrogens is 272 g/mol. The zero-order valence-electron chi connectivity index (χ0n) is 9.62. The Morgan fingerprint density at radius 3 is 2.75 bits per heavy atom. The first kappa shape index (κ1) is 13.0. The second kappa shape index (κ2) is 5.89. The highest BCUT2D eigenvalue weighted by atomic mass is 79.9. The lowest BCUT2D eigenvalue weighted by molar-refractivity contribution is -0.144. The van der Waals surface area contributed by atoms with E-state index in [-0.39, 0.29) is 11.9 Å². The summed E-state index contributed by atoms with van der Waals surface area (Å²) >= 11 is 3.42. The van der Waals surface area contributed by atoms with Crippen LogP contribution in [0.4, 0.5) is 0 Å². The predicted octanol–water partition coefficient (Wildman–Crippen LogP) is 3.12. The molecule has 1 atom stereocenters. The molecule has 0 aliphatic carbocycles. The second-order valence-corrected chi connectivity index (χ2v) is 4.22. The van der Waals surface area contributed by atoms with Crippen LogP contribution in [0.25, 0.3) is 0 Å². The number of benzene rings is 1. The predicted molar refractivity (Wildman–Crippen MR) is 65.7 cm³/mol. The van der Waals surface area contributed by atoms with Crippen molar-refractivity contribution in [2.45, 2.75) is 19.8 Å². The van der Waals surface area contributed by atoms with Crippen molar-refractivity contribution in [1.82, 2.24) is 0 Å². The van der Waals surface area contributed by atoms with Gasteiger partial charge in [-0.05, 0) is 37.6 Å². The maximum atomic E-state index is 11.6. The summed E-state index contributed by atoms with van der Waals surface area (Å²) in [4.78, 5) is 11.6. The van der Waals surface area contributed by atoms with Gasteiger partial charge in [0.15, 0.2) is 0 Å². The molecule has 4 heteroatoms. The fraction of sp³-hybridized carbons (Fsp3) is 0.417. The number of rotatable bonds is 4. The monoisotopic (exact) mass is 286 g/mol. The van der Waals surface area contributed by atoms with Crippen LogP contribution < -0.4 is 4.74 Å². The highest BCUT2D eigenvalue weighted by molar-refractivity contribution is 9.10. The normalized spacial score (nSPS) is 12.0. The van der Waals surface area contributed by atoms with Crippen LogP contribution in [-0.2, 0) is 9.53 Å². The van der Waals surface area contributed by atoms with Gasteiger partial charge in [0.25, 0.3) is 0 Å². The van der Waals surface area contributed by atoms with E-state index in [0.29, 0.717) is 6.61 Å².